The topological polar surface area (TPSA) is 97.1 Å². The molecule has 1 aromatic heterocycles. The lowest BCUT2D eigenvalue weighted by Gasteiger charge is -2.10. The number of carboxylic acid groups (broad SMARTS) is 1. The van der Waals surface area contributed by atoms with E-state index in [4.69, 9.17) is 5.11 Å². The van der Waals surface area contributed by atoms with E-state index in [0.717, 1.165) is 11.3 Å². The number of aryl methyl sites for hydroxylation is 1. The molecule has 1 heterocycles. The van der Waals surface area contributed by atoms with Crippen molar-refractivity contribution in [2.75, 3.05) is 6.54 Å². The van der Waals surface area contributed by atoms with Crippen molar-refractivity contribution in [2.45, 2.75) is 26.7 Å². The molecule has 2 N–H and O–H groups in total. The molecule has 3 rings (SSSR count). The number of hydrogen-bond donors (Lipinski definition) is 2. The molecule has 0 saturated heterocycles. The second-order valence-corrected chi connectivity index (χ2v) is 6.04. The first kappa shape index (κ1) is 15.2. The second kappa shape index (κ2) is 5.49. The molecule has 0 atom stereocenters. The van der Waals surface area contributed by atoms with Gasteiger partial charge in [0.2, 0.25) is 0 Å². The van der Waals surface area contributed by atoms with Crippen LogP contribution in [0.5, 0.6) is 0 Å². The van der Waals surface area contributed by atoms with Crippen LogP contribution in [0.25, 0.3) is 5.69 Å². The van der Waals surface area contributed by atoms with E-state index in [-0.39, 0.29) is 12.2 Å². The molecule has 120 valence electrons. The Balaban J connectivity index is 1.75. The average Bonchev–Trinajstić information content (AvgIpc) is 3.23. The van der Waals surface area contributed by atoms with E-state index >= 15 is 0 Å². The molecule has 0 spiro atoms. The van der Waals surface area contributed by atoms with Crippen LogP contribution in [0.3, 0.4) is 0 Å². The normalized spacial score (nSPS) is 15.2. The van der Waals surface area contributed by atoms with Gasteiger partial charge >= 0.3 is 5.97 Å². The molecule has 1 saturated carbocycles. The molecule has 0 bridgehead atoms. The van der Waals surface area contributed by atoms with Gasteiger partial charge in [-0.3, -0.25) is 9.59 Å². The van der Waals surface area contributed by atoms with Crippen molar-refractivity contribution in [3.05, 3.63) is 41.2 Å². The van der Waals surface area contributed by atoms with Crippen molar-refractivity contribution in [2.24, 2.45) is 5.41 Å². The Morgan fingerprint density at radius 1 is 1.26 bits per heavy atom. The highest BCUT2D eigenvalue weighted by Gasteiger charge is 2.50. The summed E-state index contributed by atoms with van der Waals surface area (Å²) >= 11 is 0. The summed E-state index contributed by atoms with van der Waals surface area (Å²) in [5.41, 5.74) is 1.99. The molecular formula is C16H18N4O3. The van der Waals surface area contributed by atoms with E-state index in [2.05, 4.69) is 15.6 Å². The van der Waals surface area contributed by atoms with Crippen LogP contribution in [0.15, 0.2) is 24.3 Å². The van der Waals surface area contributed by atoms with Gasteiger partial charge in [-0.25, -0.2) is 4.68 Å². The number of amides is 1. The van der Waals surface area contributed by atoms with Gasteiger partial charge in [-0.2, -0.15) is 0 Å². The van der Waals surface area contributed by atoms with Gasteiger partial charge in [0.05, 0.1) is 16.8 Å². The zero-order valence-electron chi connectivity index (χ0n) is 13.0. The fourth-order valence-electron chi connectivity index (χ4n) is 2.42. The Labute approximate surface area is 133 Å². The molecule has 1 fully saturated rings. The maximum atomic E-state index is 12.2. The largest absolute Gasteiger partial charge is 0.481 e. The van der Waals surface area contributed by atoms with Crippen LogP contribution in [-0.4, -0.2) is 38.5 Å². The van der Waals surface area contributed by atoms with Gasteiger partial charge in [-0.1, -0.05) is 22.9 Å². The molecule has 1 aliphatic carbocycles. The first-order chi connectivity index (χ1) is 10.9. The third-order valence-electron chi connectivity index (χ3n) is 4.28. The number of benzene rings is 1. The Bertz CT molecular complexity index is 760. The van der Waals surface area contributed by atoms with Crippen LogP contribution >= 0.6 is 0 Å². The number of rotatable bonds is 5. The van der Waals surface area contributed by atoms with Gasteiger partial charge < -0.3 is 10.4 Å². The zero-order valence-corrected chi connectivity index (χ0v) is 13.0. The quantitative estimate of drug-likeness (QED) is 0.871. The summed E-state index contributed by atoms with van der Waals surface area (Å²) in [6.07, 6.45) is 1.19. The van der Waals surface area contributed by atoms with Crippen LogP contribution in [0.2, 0.25) is 0 Å². The van der Waals surface area contributed by atoms with Crippen LogP contribution in [0.4, 0.5) is 0 Å². The number of aromatic nitrogens is 3. The van der Waals surface area contributed by atoms with Gasteiger partial charge in [0, 0.05) is 6.54 Å². The van der Waals surface area contributed by atoms with Crippen molar-refractivity contribution in [3.63, 3.8) is 0 Å². The average molecular weight is 314 g/mol. The van der Waals surface area contributed by atoms with Crippen LogP contribution < -0.4 is 5.32 Å². The van der Waals surface area contributed by atoms with E-state index in [0.29, 0.717) is 18.5 Å². The van der Waals surface area contributed by atoms with Gasteiger partial charge in [0.25, 0.3) is 5.91 Å². The summed E-state index contributed by atoms with van der Waals surface area (Å²) in [6, 6.07) is 7.73. The highest BCUT2D eigenvalue weighted by molar-refractivity contribution is 5.93. The number of carbonyl (C=O) groups excluding carboxylic acids is 1. The van der Waals surface area contributed by atoms with Crippen LogP contribution in [0.1, 0.15) is 34.6 Å². The molecule has 7 nitrogen and oxygen atoms in total. The molecule has 1 aromatic carbocycles. The van der Waals surface area contributed by atoms with E-state index in [9.17, 15) is 9.59 Å². The maximum absolute atomic E-state index is 12.2. The Morgan fingerprint density at radius 3 is 2.48 bits per heavy atom. The molecule has 1 amide bonds. The number of nitrogens with one attached hydrogen (secondary N) is 1. The highest BCUT2D eigenvalue weighted by atomic mass is 16.4. The predicted molar refractivity (Wildman–Crippen MR) is 82.5 cm³/mol. The molecule has 1 aliphatic rings. The van der Waals surface area contributed by atoms with Gasteiger partial charge in [0.15, 0.2) is 5.69 Å². The molecule has 0 radical (unpaired) electrons. The fourth-order valence-corrected chi connectivity index (χ4v) is 2.42. The summed E-state index contributed by atoms with van der Waals surface area (Å²) < 4.78 is 1.60. The molecular weight excluding hydrogens is 296 g/mol. The second-order valence-electron chi connectivity index (χ2n) is 6.04. The lowest BCUT2D eigenvalue weighted by Crippen LogP contribution is -2.34. The molecule has 0 unspecified atom stereocenters. The number of carboxylic acids is 1. The lowest BCUT2D eigenvalue weighted by molar-refractivity contribution is -0.143. The number of aliphatic carboxylic acids is 1. The van der Waals surface area contributed by atoms with E-state index in [1.54, 1.807) is 11.6 Å². The van der Waals surface area contributed by atoms with Crippen molar-refractivity contribution < 1.29 is 14.7 Å². The summed E-state index contributed by atoms with van der Waals surface area (Å²) in [6.45, 7) is 3.88. The van der Waals surface area contributed by atoms with E-state index in [1.165, 1.54) is 0 Å². The third kappa shape index (κ3) is 2.81. The minimum Gasteiger partial charge on any atom is -0.481 e. The summed E-state index contributed by atoms with van der Waals surface area (Å²) in [4.78, 5) is 23.4. The van der Waals surface area contributed by atoms with Crippen LogP contribution in [0, 0.1) is 19.3 Å². The number of hydrogen-bond acceptors (Lipinski definition) is 4. The molecule has 0 aliphatic heterocycles. The highest BCUT2D eigenvalue weighted by Crippen LogP contribution is 2.45. The van der Waals surface area contributed by atoms with Gasteiger partial charge in [-0.15, -0.1) is 5.10 Å². The minimum absolute atomic E-state index is 0.123. The zero-order chi connectivity index (χ0) is 16.6. The monoisotopic (exact) mass is 314 g/mol. The van der Waals surface area contributed by atoms with Crippen molar-refractivity contribution >= 4 is 11.9 Å². The van der Waals surface area contributed by atoms with Gasteiger partial charge in [-0.05, 0) is 38.8 Å². The smallest absolute Gasteiger partial charge is 0.311 e. The minimum atomic E-state index is -0.863. The number of carbonyl (C=O) groups is 2. The van der Waals surface area contributed by atoms with Crippen molar-refractivity contribution in [1.29, 1.82) is 0 Å². The first-order valence-corrected chi connectivity index (χ1v) is 7.44. The summed E-state index contributed by atoms with van der Waals surface area (Å²) in [7, 11) is 0. The Hall–Kier alpha value is -2.70. The number of nitrogens with zero attached hydrogens (tertiary/aromatic N) is 3. The van der Waals surface area contributed by atoms with Crippen LogP contribution in [-0.2, 0) is 4.79 Å². The summed E-state index contributed by atoms with van der Waals surface area (Å²) in [5.74, 6) is -1.26. The summed E-state index contributed by atoms with van der Waals surface area (Å²) in [5, 5.41) is 19.8. The van der Waals surface area contributed by atoms with Crippen molar-refractivity contribution in [1.82, 2.24) is 20.3 Å². The SMILES string of the molecule is Cc1ccc(-n2nnc(C(=O)NCC3(C(=O)O)CC3)c2C)cc1. The van der Waals surface area contributed by atoms with Gasteiger partial charge in [0.1, 0.15) is 0 Å². The lowest BCUT2D eigenvalue weighted by atomic mass is 10.1. The standard InChI is InChI=1S/C16H18N4O3/c1-10-3-5-12(6-4-10)20-11(2)13(18-19-20)14(21)17-9-16(7-8-16)15(22)23/h3-6H,7-9H2,1-2H3,(H,17,21)(H,22,23). The molecule has 23 heavy (non-hydrogen) atoms. The first-order valence-electron chi connectivity index (χ1n) is 7.44. The Morgan fingerprint density at radius 2 is 1.91 bits per heavy atom. The molecule has 7 heteroatoms. The Kier molecular flexibility index (Phi) is 3.63. The third-order valence-corrected chi connectivity index (χ3v) is 4.28. The fraction of sp³-hybridized carbons (Fsp3) is 0.375. The molecule has 2 aromatic rings. The maximum Gasteiger partial charge on any atom is 0.311 e. The van der Waals surface area contributed by atoms with E-state index in [1.807, 2.05) is 31.2 Å². The van der Waals surface area contributed by atoms with E-state index < -0.39 is 17.3 Å². The van der Waals surface area contributed by atoms with Crippen molar-refractivity contribution in [3.8, 4) is 5.69 Å². The predicted octanol–water partition coefficient (Wildman–Crippen LogP) is 1.48.